The minimum Gasteiger partial charge on any atom is -0.310 e. The Morgan fingerprint density at radius 3 is 2.78 bits per heavy atom. The van der Waals surface area contributed by atoms with E-state index < -0.39 is 0 Å². The third-order valence-corrected chi connectivity index (χ3v) is 4.84. The lowest BCUT2D eigenvalue weighted by Gasteiger charge is -2.29. The number of hydrogen-bond acceptors (Lipinski definition) is 1. The SMILES string of the molecule is CC1CCCCC1NCc1ccc2c(c1)CCC2. The van der Waals surface area contributed by atoms with E-state index in [0.717, 1.165) is 18.5 Å². The fraction of sp³-hybridized carbons (Fsp3) is 0.647. The molecule has 2 unspecified atom stereocenters. The number of nitrogens with one attached hydrogen (secondary N) is 1. The lowest BCUT2D eigenvalue weighted by atomic mass is 9.86. The van der Waals surface area contributed by atoms with Crippen LogP contribution in [0.15, 0.2) is 18.2 Å². The van der Waals surface area contributed by atoms with E-state index in [0.29, 0.717) is 0 Å². The smallest absolute Gasteiger partial charge is 0.0208 e. The first-order valence-corrected chi connectivity index (χ1v) is 7.67. The van der Waals surface area contributed by atoms with Crippen molar-refractivity contribution in [1.82, 2.24) is 5.32 Å². The third-order valence-electron chi connectivity index (χ3n) is 4.84. The molecule has 1 nitrogen and oxygen atoms in total. The van der Waals surface area contributed by atoms with Crippen LogP contribution in [-0.4, -0.2) is 6.04 Å². The zero-order valence-electron chi connectivity index (χ0n) is 11.5. The summed E-state index contributed by atoms with van der Waals surface area (Å²) >= 11 is 0. The second-order valence-electron chi connectivity index (χ2n) is 6.21. The number of benzene rings is 1. The van der Waals surface area contributed by atoms with Gasteiger partial charge in [-0.1, -0.05) is 38.0 Å². The molecule has 2 atom stereocenters. The van der Waals surface area contributed by atoms with Crippen LogP contribution < -0.4 is 5.32 Å². The predicted octanol–water partition coefficient (Wildman–Crippen LogP) is 3.84. The molecule has 18 heavy (non-hydrogen) atoms. The molecule has 1 saturated carbocycles. The van der Waals surface area contributed by atoms with Crippen molar-refractivity contribution in [1.29, 1.82) is 0 Å². The molecule has 0 bridgehead atoms. The van der Waals surface area contributed by atoms with Gasteiger partial charge in [0.05, 0.1) is 0 Å². The standard InChI is InChI=1S/C17H25N/c1-13-5-2-3-8-17(13)18-12-14-9-10-15-6-4-7-16(15)11-14/h9-11,13,17-18H,2-8,12H2,1H3. The molecule has 2 aliphatic rings. The van der Waals surface area contributed by atoms with Crippen LogP contribution in [0.4, 0.5) is 0 Å². The molecule has 0 heterocycles. The summed E-state index contributed by atoms with van der Waals surface area (Å²) in [6.45, 7) is 3.46. The minimum absolute atomic E-state index is 0.743. The van der Waals surface area contributed by atoms with Crippen LogP contribution in [0.25, 0.3) is 0 Å². The van der Waals surface area contributed by atoms with E-state index in [1.807, 2.05) is 0 Å². The van der Waals surface area contributed by atoms with Crippen LogP contribution >= 0.6 is 0 Å². The molecule has 0 saturated heterocycles. The number of aryl methyl sites for hydroxylation is 2. The average Bonchev–Trinajstić information content (AvgIpc) is 2.85. The van der Waals surface area contributed by atoms with Gasteiger partial charge in [0.1, 0.15) is 0 Å². The van der Waals surface area contributed by atoms with Crippen LogP contribution in [0.2, 0.25) is 0 Å². The van der Waals surface area contributed by atoms with Crippen molar-refractivity contribution >= 4 is 0 Å². The molecule has 0 radical (unpaired) electrons. The molecule has 98 valence electrons. The fourth-order valence-electron chi connectivity index (χ4n) is 3.60. The topological polar surface area (TPSA) is 12.0 Å². The van der Waals surface area contributed by atoms with Gasteiger partial charge in [-0.3, -0.25) is 0 Å². The van der Waals surface area contributed by atoms with Crippen LogP contribution in [0, 0.1) is 5.92 Å². The Labute approximate surface area is 111 Å². The van der Waals surface area contributed by atoms with E-state index in [1.165, 1.54) is 50.5 Å². The molecule has 1 aromatic rings. The van der Waals surface area contributed by atoms with Crippen LogP contribution in [0.5, 0.6) is 0 Å². The highest BCUT2D eigenvalue weighted by Gasteiger charge is 2.20. The Balaban J connectivity index is 1.59. The second-order valence-corrected chi connectivity index (χ2v) is 6.21. The largest absolute Gasteiger partial charge is 0.310 e. The molecule has 1 N–H and O–H groups in total. The molecule has 0 aromatic heterocycles. The highest BCUT2D eigenvalue weighted by atomic mass is 14.9. The second kappa shape index (κ2) is 5.44. The molecular formula is C17H25N. The number of rotatable bonds is 3. The summed E-state index contributed by atoms with van der Waals surface area (Å²) in [5.41, 5.74) is 4.67. The first-order valence-electron chi connectivity index (χ1n) is 7.67. The van der Waals surface area contributed by atoms with Gasteiger partial charge >= 0.3 is 0 Å². The van der Waals surface area contributed by atoms with Crippen LogP contribution in [0.3, 0.4) is 0 Å². The van der Waals surface area contributed by atoms with Crippen molar-refractivity contribution in [2.45, 2.75) is 64.5 Å². The van der Waals surface area contributed by atoms with Crippen molar-refractivity contribution in [3.8, 4) is 0 Å². The van der Waals surface area contributed by atoms with Crippen molar-refractivity contribution in [3.63, 3.8) is 0 Å². The zero-order valence-corrected chi connectivity index (χ0v) is 11.5. The summed E-state index contributed by atoms with van der Waals surface area (Å²) in [5.74, 6) is 0.855. The summed E-state index contributed by atoms with van der Waals surface area (Å²) in [6.07, 6.45) is 9.55. The maximum Gasteiger partial charge on any atom is 0.0208 e. The van der Waals surface area contributed by atoms with Gasteiger partial charge in [-0.25, -0.2) is 0 Å². The number of hydrogen-bond donors (Lipinski definition) is 1. The van der Waals surface area contributed by atoms with E-state index in [2.05, 4.69) is 30.4 Å². The third kappa shape index (κ3) is 2.61. The lowest BCUT2D eigenvalue weighted by molar-refractivity contribution is 0.279. The van der Waals surface area contributed by atoms with Gasteiger partial charge in [0.2, 0.25) is 0 Å². The summed E-state index contributed by atoms with van der Waals surface area (Å²) in [4.78, 5) is 0. The van der Waals surface area contributed by atoms with Crippen molar-refractivity contribution < 1.29 is 0 Å². The van der Waals surface area contributed by atoms with Crippen LogP contribution in [0.1, 0.15) is 55.7 Å². The Kier molecular flexibility index (Phi) is 3.69. The maximum atomic E-state index is 3.78. The Hall–Kier alpha value is -0.820. The van der Waals surface area contributed by atoms with Crippen molar-refractivity contribution in [3.05, 3.63) is 34.9 Å². The summed E-state index contributed by atoms with van der Waals surface area (Å²) < 4.78 is 0. The molecule has 1 heteroatoms. The van der Waals surface area contributed by atoms with Gasteiger partial charge in [0.25, 0.3) is 0 Å². The van der Waals surface area contributed by atoms with E-state index in [1.54, 1.807) is 11.1 Å². The molecule has 3 rings (SSSR count). The highest BCUT2D eigenvalue weighted by molar-refractivity contribution is 5.35. The van der Waals surface area contributed by atoms with Gasteiger partial charge in [-0.2, -0.15) is 0 Å². The zero-order chi connectivity index (χ0) is 12.4. The molecule has 0 spiro atoms. The van der Waals surface area contributed by atoms with E-state index in [9.17, 15) is 0 Å². The van der Waals surface area contributed by atoms with Crippen molar-refractivity contribution in [2.75, 3.05) is 0 Å². The van der Waals surface area contributed by atoms with Gasteiger partial charge in [0, 0.05) is 12.6 Å². The molecular weight excluding hydrogens is 218 g/mol. The van der Waals surface area contributed by atoms with Gasteiger partial charge in [0.15, 0.2) is 0 Å². The van der Waals surface area contributed by atoms with Gasteiger partial charge < -0.3 is 5.32 Å². The normalized spacial score (nSPS) is 27.2. The monoisotopic (exact) mass is 243 g/mol. The molecule has 1 fully saturated rings. The molecule has 0 amide bonds. The predicted molar refractivity (Wildman–Crippen MR) is 76.7 cm³/mol. The average molecular weight is 243 g/mol. The fourth-order valence-corrected chi connectivity index (χ4v) is 3.60. The summed E-state index contributed by atoms with van der Waals surface area (Å²) in [7, 11) is 0. The van der Waals surface area contributed by atoms with Gasteiger partial charge in [-0.15, -0.1) is 0 Å². The summed E-state index contributed by atoms with van der Waals surface area (Å²) in [6, 6.07) is 7.85. The van der Waals surface area contributed by atoms with E-state index >= 15 is 0 Å². The lowest BCUT2D eigenvalue weighted by Crippen LogP contribution is -2.36. The molecule has 0 aliphatic heterocycles. The Morgan fingerprint density at radius 1 is 1.06 bits per heavy atom. The quantitative estimate of drug-likeness (QED) is 0.850. The minimum atomic E-state index is 0.743. The molecule has 1 aromatic carbocycles. The highest BCUT2D eigenvalue weighted by Crippen LogP contribution is 2.25. The Morgan fingerprint density at radius 2 is 1.89 bits per heavy atom. The Bertz CT molecular complexity index is 410. The van der Waals surface area contributed by atoms with Gasteiger partial charge in [-0.05, 0) is 54.7 Å². The maximum absolute atomic E-state index is 3.78. The number of fused-ring (bicyclic) bond motifs is 1. The van der Waals surface area contributed by atoms with Crippen LogP contribution in [-0.2, 0) is 19.4 Å². The first kappa shape index (κ1) is 12.2. The van der Waals surface area contributed by atoms with E-state index in [-0.39, 0.29) is 0 Å². The van der Waals surface area contributed by atoms with E-state index in [4.69, 9.17) is 0 Å². The first-order chi connectivity index (χ1) is 8.83. The van der Waals surface area contributed by atoms with Crippen molar-refractivity contribution in [2.24, 2.45) is 5.92 Å². The summed E-state index contributed by atoms with van der Waals surface area (Å²) in [5, 5.41) is 3.78. The molecule has 2 aliphatic carbocycles.